The number of amidine groups is 2. The molecule has 148 valence electrons. The topological polar surface area (TPSA) is 73.8 Å². The van der Waals surface area contributed by atoms with Gasteiger partial charge in [0.25, 0.3) is 5.91 Å². The van der Waals surface area contributed by atoms with E-state index in [1.807, 2.05) is 31.3 Å². The molecule has 0 saturated heterocycles. The van der Waals surface area contributed by atoms with Gasteiger partial charge in [-0.3, -0.25) is 10.2 Å². The van der Waals surface area contributed by atoms with Gasteiger partial charge in [-0.2, -0.15) is 15.1 Å². The smallest absolute Gasteiger partial charge is 0.283 e. The minimum atomic E-state index is -0.404. The van der Waals surface area contributed by atoms with Crippen molar-refractivity contribution in [1.29, 1.82) is 5.41 Å². The van der Waals surface area contributed by atoms with Crippen LogP contribution in [0.25, 0.3) is 17.0 Å². The van der Waals surface area contributed by atoms with Crippen LogP contribution in [0.2, 0.25) is 0 Å². The zero-order valence-electron chi connectivity index (χ0n) is 16.6. The molecule has 2 aliphatic heterocycles. The predicted octanol–water partition coefficient (Wildman–Crippen LogP) is 4.64. The van der Waals surface area contributed by atoms with Gasteiger partial charge >= 0.3 is 0 Å². The van der Waals surface area contributed by atoms with Gasteiger partial charge in [-0.1, -0.05) is 48.0 Å². The predicted molar refractivity (Wildman–Crippen MR) is 123 cm³/mol. The van der Waals surface area contributed by atoms with Crippen molar-refractivity contribution in [3.63, 3.8) is 0 Å². The highest BCUT2D eigenvalue weighted by atomic mass is 32.2. The summed E-state index contributed by atoms with van der Waals surface area (Å²) in [6.07, 6.45) is 3.79. The van der Waals surface area contributed by atoms with E-state index in [2.05, 4.69) is 51.9 Å². The standard InChI is InChI=1S/C23H19N5OS/c1-14-6-5-7-16(10-14)12-27-13-17(18-8-3-4-9-20(18)27)11-19-21(24)28-23(25-22(19)29)30-15(2)26-28/h3-11,13,24H,12H2,1-2H3. The molecule has 6 nitrogen and oxygen atoms in total. The van der Waals surface area contributed by atoms with Gasteiger partial charge < -0.3 is 4.57 Å². The molecule has 0 atom stereocenters. The number of fused-ring (bicyclic) bond motifs is 2. The largest absolute Gasteiger partial charge is 0.342 e. The Hall–Kier alpha value is -3.45. The molecule has 0 unspecified atom stereocenters. The molecule has 3 aromatic rings. The van der Waals surface area contributed by atoms with Crippen molar-refractivity contribution in [2.75, 3.05) is 0 Å². The Morgan fingerprint density at radius 2 is 1.97 bits per heavy atom. The quantitative estimate of drug-likeness (QED) is 0.636. The van der Waals surface area contributed by atoms with Crippen molar-refractivity contribution in [3.05, 3.63) is 77.0 Å². The molecule has 0 radical (unpaired) electrons. The lowest BCUT2D eigenvalue weighted by atomic mass is 10.1. The van der Waals surface area contributed by atoms with Crippen LogP contribution in [0.1, 0.15) is 23.6 Å². The van der Waals surface area contributed by atoms with E-state index >= 15 is 0 Å². The molecule has 0 fully saturated rings. The molecule has 0 spiro atoms. The molecule has 1 aromatic heterocycles. The second kappa shape index (κ2) is 7.11. The number of aliphatic imine (C=N–C) groups is 1. The molecule has 5 rings (SSSR count). The third-order valence-electron chi connectivity index (χ3n) is 5.11. The van der Waals surface area contributed by atoms with Crippen molar-refractivity contribution in [3.8, 4) is 0 Å². The number of aromatic nitrogens is 1. The third-order valence-corrected chi connectivity index (χ3v) is 5.93. The van der Waals surface area contributed by atoms with Crippen LogP contribution in [0.15, 0.2) is 70.4 Å². The van der Waals surface area contributed by atoms with Crippen molar-refractivity contribution in [2.24, 2.45) is 10.1 Å². The van der Waals surface area contributed by atoms with E-state index in [4.69, 9.17) is 5.41 Å². The van der Waals surface area contributed by atoms with Gasteiger partial charge in [0.15, 0.2) is 5.84 Å². The summed E-state index contributed by atoms with van der Waals surface area (Å²) in [4.78, 5) is 16.8. The number of nitrogens with zero attached hydrogens (tertiary/aromatic N) is 4. The van der Waals surface area contributed by atoms with E-state index in [9.17, 15) is 4.79 Å². The van der Waals surface area contributed by atoms with Gasteiger partial charge in [0, 0.05) is 29.2 Å². The Balaban J connectivity index is 1.58. The van der Waals surface area contributed by atoms with E-state index in [0.717, 1.165) is 28.1 Å². The second-order valence-corrected chi connectivity index (χ2v) is 8.52. The summed E-state index contributed by atoms with van der Waals surface area (Å²) in [5.74, 6) is -0.343. The number of hydrogen-bond acceptors (Lipinski definition) is 4. The van der Waals surface area contributed by atoms with Crippen molar-refractivity contribution < 1.29 is 4.79 Å². The van der Waals surface area contributed by atoms with Gasteiger partial charge in [-0.05, 0) is 43.3 Å². The molecule has 7 heteroatoms. The summed E-state index contributed by atoms with van der Waals surface area (Å²) in [5, 5.41) is 16.5. The van der Waals surface area contributed by atoms with E-state index < -0.39 is 5.91 Å². The molecule has 30 heavy (non-hydrogen) atoms. The third kappa shape index (κ3) is 3.17. The zero-order chi connectivity index (χ0) is 20.8. The van der Waals surface area contributed by atoms with Gasteiger partial charge in [0.2, 0.25) is 5.17 Å². The van der Waals surface area contributed by atoms with Crippen molar-refractivity contribution in [1.82, 2.24) is 9.58 Å². The van der Waals surface area contributed by atoms with E-state index in [-0.39, 0.29) is 11.4 Å². The first kappa shape index (κ1) is 18.6. The fourth-order valence-electron chi connectivity index (χ4n) is 3.77. The van der Waals surface area contributed by atoms with Crippen LogP contribution in [0.5, 0.6) is 0 Å². The summed E-state index contributed by atoms with van der Waals surface area (Å²) < 4.78 is 2.18. The maximum Gasteiger partial charge on any atom is 0.283 e. The number of hydrazone groups is 1. The zero-order valence-corrected chi connectivity index (χ0v) is 17.4. The normalized spacial score (nSPS) is 17.5. The monoisotopic (exact) mass is 413 g/mol. The summed E-state index contributed by atoms with van der Waals surface area (Å²) in [5.41, 5.74) is 4.65. The van der Waals surface area contributed by atoms with Gasteiger partial charge in [0.1, 0.15) is 0 Å². The summed E-state index contributed by atoms with van der Waals surface area (Å²) in [6.45, 7) is 4.65. The van der Waals surface area contributed by atoms with Crippen LogP contribution in [0.4, 0.5) is 0 Å². The lowest BCUT2D eigenvalue weighted by molar-refractivity contribution is -0.114. The van der Waals surface area contributed by atoms with E-state index in [1.165, 1.54) is 27.9 Å². The number of amides is 1. The Morgan fingerprint density at radius 3 is 2.80 bits per heavy atom. The Bertz CT molecular complexity index is 1310. The number of aryl methyl sites for hydroxylation is 1. The number of hydrogen-bond donors (Lipinski definition) is 1. The second-order valence-electron chi connectivity index (χ2n) is 7.36. The van der Waals surface area contributed by atoms with Gasteiger partial charge in [-0.15, -0.1) is 0 Å². The summed E-state index contributed by atoms with van der Waals surface area (Å²) in [7, 11) is 0. The van der Waals surface area contributed by atoms with Crippen LogP contribution in [-0.2, 0) is 11.3 Å². The summed E-state index contributed by atoms with van der Waals surface area (Å²) >= 11 is 1.31. The Kier molecular flexibility index (Phi) is 4.40. The molecule has 1 amide bonds. The SMILES string of the molecule is CC1=NN2C(=N)C(=Cc3cn(Cc4cccc(C)c4)c4ccccc34)C(=O)N=C2S1. The Labute approximate surface area is 178 Å². The van der Waals surface area contributed by atoms with E-state index in [1.54, 1.807) is 6.08 Å². The molecular weight excluding hydrogens is 394 g/mol. The first-order valence-corrected chi connectivity index (χ1v) is 10.4. The first-order chi connectivity index (χ1) is 14.5. The average molecular weight is 414 g/mol. The van der Waals surface area contributed by atoms with Gasteiger partial charge in [0.05, 0.1) is 10.6 Å². The number of para-hydroxylation sites is 1. The molecule has 0 saturated carbocycles. The van der Waals surface area contributed by atoms with Gasteiger partial charge in [-0.25, -0.2) is 0 Å². The molecule has 3 heterocycles. The minimum absolute atomic E-state index is 0.0601. The molecule has 2 aliphatic rings. The highest BCUT2D eigenvalue weighted by Crippen LogP contribution is 2.30. The van der Waals surface area contributed by atoms with E-state index in [0.29, 0.717) is 5.17 Å². The lowest BCUT2D eigenvalue weighted by Gasteiger charge is -2.20. The number of rotatable bonds is 3. The number of thioether (sulfide) groups is 1. The first-order valence-electron chi connectivity index (χ1n) is 9.60. The summed E-state index contributed by atoms with van der Waals surface area (Å²) in [6, 6.07) is 16.5. The minimum Gasteiger partial charge on any atom is -0.342 e. The highest BCUT2D eigenvalue weighted by Gasteiger charge is 2.34. The number of benzene rings is 2. The van der Waals surface area contributed by atoms with Crippen LogP contribution in [-0.4, -0.2) is 31.5 Å². The number of carbonyl (C=O) groups excluding carboxylic acids is 1. The fraction of sp³-hybridized carbons (Fsp3) is 0.130. The molecular formula is C23H19N5OS. The molecule has 2 aromatic carbocycles. The Morgan fingerprint density at radius 1 is 1.13 bits per heavy atom. The van der Waals surface area contributed by atoms with Crippen LogP contribution < -0.4 is 0 Å². The average Bonchev–Trinajstić information content (AvgIpc) is 3.25. The maximum atomic E-state index is 12.6. The number of nitrogens with one attached hydrogen (secondary N) is 1. The van der Waals surface area contributed by atoms with Crippen LogP contribution in [0.3, 0.4) is 0 Å². The molecule has 1 N–H and O–H groups in total. The fourth-order valence-corrected chi connectivity index (χ4v) is 4.51. The lowest BCUT2D eigenvalue weighted by Crippen LogP contribution is -2.35. The van der Waals surface area contributed by atoms with Crippen LogP contribution >= 0.6 is 11.8 Å². The molecule has 0 aliphatic carbocycles. The van der Waals surface area contributed by atoms with Crippen LogP contribution in [0, 0.1) is 12.3 Å². The van der Waals surface area contributed by atoms with Crippen molar-refractivity contribution >= 4 is 50.7 Å². The highest BCUT2D eigenvalue weighted by molar-refractivity contribution is 8.26. The van der Waals surface area contributed by atoms with Crippen molar-refractivity contribution in [2.45, 2.75) is 20.4 Å². The number of carbonyl (C=O) groups is 1. The molecule has 0 bridgehead atoms. The maximum absolute atomic E-state index is 12.6.